The molecule has 2 aromatic rings. The van der Waals surface area contributed by atoms with Crippen LogP contribution in [-0.4, -0.2) is 44.2 Å². The van der Waals surface area contributed by atoms with E-state index in [0.29, 0.717) is 16.4 Å². The molecule has 1 aliphatic rings. The standard InChI is InChI=1S/C18H20ClN3O3.ClH/c1-24-15-4-2-13(3-5-15)12-25-18(23)14-10-16(19)17(21-11-14)22-8-6-20-7-9-22;/h2-5,10-11,20H,6-9,12H2,1H3;1H. The topological polar surface area (TPSA) is 63.7 Å². The molecular formula is C18H21Cl2N3O3. The van der Waals surface area contributed by atoms with E-state index in [-0.39, 0.29) is 19.0 Å². The van der Waals surface area contributed by atoms with Gasteiger partial charge in [-0.1, -0.05) is 23.7 Å². The van der Waals surface area contributed by atoms with Gasteiger partial charge in [0.2, 0.25) is 0 Å². The Hall–Kier alpha value is -2.02. The van der Waals surface area contributed by atoms with Crippen LogP contribution in [0.4, 0.5) is 5.82 Å². The number of piperazine rings is 1. The summed E-state index contributed by atoms with van der Waals surface area (Å²) >= 11 is 6.31. The Morgan fingerprint density at radius 2 is 1.96 bits per heavy atom. The molecule has 26 heavy (non-hydrogen) atoms. The van der Waals surface area contributed by atoms with Crippen molar-refractivity contribution in [3.8, 4) is 5.75 Å². The predicted molar refractivity (Wildman–Crippen MR) is 104 cm³/mol. The highest BCUT2D eigenvalue weighted by Gasteiger charge is 2.17. The minimum Gasteiger partial charge on any atom is -0.497 e. The number of esters is 1. The van der Waals surface area contributed by atoms with Gasteiger partial charge < -0.3 is 19.7 Å². The Kier molecular flexibility index (Phi) is 7.50. The molecule has 3 rings (SSSR count). The number of nitrogens with zero attached hydrogens (tertiary/aromatic N) is 2. The minimum absolute atomic E-state index is 0. The van der Waals surface area contributed by atoms with Crippen molar-refractivity contribution < 1.29 is 14.3 Å². The number of benzene rings is 1. The third-order valence-corrected chi connectivity index (χ3v) is 4.28. The van der Waals surface area contributed by atoms with Gasteiger partial charge in [0.05, 0.1) is 17.7 Å². The van der Waals surface area contributed by atoms with Crippen LogP contribution in [0.1, 0.15) is 15.9 Å². The summed E-state index contributed by atoms with van der Waals surface area (Å²) in [7, 11) is 1.61. The monoisotopic (exact) mass is 397 g/mol. The molecule has 0 atom stereocenters. The maximum atomic E-state index is 12.2. The number of methoxy groups -OCH3 is 1. The molecule has 0 saturated carbocycles. The zero-order valence-corrected chi connectivity index (χ0v) is 16.0. The molecule has 0 spiro atoms. The average molecular weight is 398 g/mol. The molecule has 1 aliphatic heterocycles. The molecule has 1 aromatic carbocycles. The van der Waals surface area contributed by atoms with Crippen molar-refractivity contribution in [1.29, 1.82) is 0 Å². The fraction of sp³-hybridized carbons (Fsp3) is 0.333. The summed E-state index contributed by atoms with van der Waals surface area (Å²) in [5, 5.41) is 3.74. The zero-order valence-electron chi connectivity index (χ0n) is 14.4. The van der Waals surface area contributed by atoms with Crippen LogP contribution in [0.5, 0.6) is 5.75 Å². The SMILES string of the molecule is COc1ccc(COC(=O)c2cnc(N3CCNCC3)c(Cl)c2)cc1.Cl. The van der Waals surface area contributed by atoms with Crippen molar-refractivity contribution in [1.82, 2.24) is 10.3 Å². The number of carbonyl (C=O) groups excluding carboxylic acids is 1. The van der Waals surface area contributed by atoms with Crippen LogP contribution in [-0.2, 0) is 11.3 Å². The summed E-state index contributed by atoms with van der Waals surface area (Å²) < 4.78 is 10.4. The molecule has 6 nitrogen and oxygen atoms in total. The van der Waals surface area contributed by atoms with Crippen molar-refractivity contribution in [2.45, 2.75) is 6.61 Å². The number of hydrogen-bond acceptors (Lipinski definition) is 6. The lowest BCUT2D eigenvalue weighted by Crippen LogP contribution is -2.44. The number of anilines is 1. The third-order valence-electron chi connectivity index (χ3n) is 4.00. The van der Waals surface area contributed by atoms with Gasteiger partial charge in [0, 0.05) is 32.4 Å². The number of carbonyl (C=O) groups is 1. The molecule has 0 amide bonds. The minimum atomic E-state index is -0.447. The Balaban J connectivity index is 0.00000243. The molecule has 1 fully saturated rings. The summed E-state index contributed by atoms with van der Waals surface area (Å²) in [6, 6.07) is 8.96. The normalized spacial score (nSPS) is 13.7. The van der Waals surface area contributed by atoms with E-state index in [1.165, 1.54) is 6.20 Å². The van der Waals surface area contributed by atoms with Crippen molar-refractivity contribution >= 4 is 35.8 Å². The largest absolute Gasteiger partial charge is 0.497 e. The smallest absolute Gasteiger partial charge is 0.340 e. The van der Waals surface area contributed by atoms with Gasteiger partial charge in [0.15, 0.2) is 0 Å². The number of hydrogen-bond donors (Lipinski definition) is 1. The van der Waals surface area contributed by atoms with E-state index in [9.17, 15) is 4.79 Å². The number of nitrogens with one attached hydrogen (secondary N) is 1. The summed E-state index contributed by atoms with van der Waals surface area (Å²) in [6.45, 7) is 3.65. The Morgan fingerprint density at radius 1 is 1.27 bits per heavy atom. The van der Waals surface area contributed by atoms with Gasteiger partial charge in [-0.15, -0.1) is 12.4 Å². The lowest BCUT2D eigenvalue weighted by atomic mass is 10.2. The summed E-state index contributed by atoms with van der Waals surface area (Å²) in [6.07, 6.45) is 1.51. The Bertz CT molecular complexity index is 735. The highest BCUT2D eigenvalue weighted by molar-refractivity contribution is 6.33. The van der Waals surface area contributed by atoms with Crippen LogP contribution >= 0.6 is 24.0 Å². The van der Waals surface area contributed by atoms with E-state index in [4.69, 9.17) is 21.1 Å². The van der Waals surface area contributed by atoms with Gasteiger partial charge >= 0.3 is 5.97 Å². The van der Waals surface area contributed by atoms with Crippen molar-refractivity contribution in [3.05, 3.63) is 52.7 Å². The van der Waals surface area contributed by atoms with Gasteiger partial charge in [-0.2, -0.15) is 0 Å². The van der Waals surface area contributed by atoms with Crippen LogP contribution in [0.2, 0.25) is 5.02 Å². The summed E-state index contributed by atoms with van der Waals surface area (Å²) in [4.78, 5) is 18.7. The van der Waals surface area contributed by atoms with Crippen LogP contribution in [0.25, 0.3) is 0 Å². The van der Waals surface area contributed by atoms with Gasteiger partial charge in [-0.3, -0.25) is 0 Å². The van der Waals surface area contributed by atoms with Crippen LogP contribution in [0.3, 0.4) is 0 Å². The maximum Gasteiger partial charge on any atom is 0.340 e. The molecular weight excluding hydrogens is 377 g/mol. The van der Waals surface area contributed by atoms with E-state index < -0.39 is 5.97 Å². The number of pyridine rings is 1. The second-order valence-corrected chi connectivity index (χ2v) is 6.10. The van der Waals surface area contributed by atoms with Crippen LogP contribution in [0, 0.1) is 0 Å². The van der Waals surface area contributed by atoms with E-state index in [1.54, 1.807) is 13.2 Å². The van der Waals surface area contributed by atoms with Gasteiger partial charge in [0.25, 0.3) is 0 Å². The highest BCUT2D eigenvalue weighted by Crippen LogP contribution is 2.25. The van der Waals surface area contributed by atoms with Gasteiger partial charge in [-0.25, -0.2) is 9.78 Å². The number of ether oxygens (including phenoxy) is 2. The number of aromatic nitrogens is 1. The molecule has 8 heteroatoms. The van der Waals surface area contributed by atoms with Crippen molar-refractivity contribution in [2.24, 2.45) is 0 Å². The van der Waals surface area contributed by atoms with Crippen molar-refractivity contribution in [2.75, 3.05) is 38.2 Å². The molecule has 0 aliphatic carbocycles. The molecule has 2 heterocycles. The second kappa shape index (κ2) is 9.62. The molecule has 0 bridgehead atoms. The first kappa shape index (κ1) is 20.3. The second-order valence-electron chi connectivity index (χ2n) is 5.69. The number of rotatable bonds is 5. The Morgan fingerprint density at radius 3 is 2.58 bits per heavy atom. The zero-order chi connectivity index (χ0) is 17.6. The van der Waals surface area contributed by atoms with Crippen molar-refractivity contribution in [3.63, 3.8) is 0 Å². The number of halogens is 2. The highest BCUT2D eigenvalue weighted by atomic mass is 35.5. The average Bonchev–Trinajstić information content (AvgIpc) is 2.67. The van der Waals surface area contributed by atoms with Gasteiger partial charge in [0.1, 0.15) is 18.2 Å². The van der Waals surface area contributed by atoms with Gasteiger partial charge in [-0.05, 0) is 23.8 Å². The fourth-order valence-electron chi connectivity index (χ4n) is 2.61. The van der Waals surface area contributed by atoms with Crippen LogP contribution in [0.15, 0.2) is 36.5 Å². The first-order chi connectivity index (χ1) is 12.2. The maximum absolute atomic E-state index is 12.2. The van der Waals surface area contributed by atoms with Crippen LogP contribution < -0.4 is 15.0 Å². The first-order valence-electron chi connectivity index (χ1n) is 8.08. The first-order valence-corrected chi connectivity index (χ1v) is 8.46. The van der Waals surface area contributed by atoms with E-state index in [2.05, 4.69) is 15.2 Å². The third kappa shape index (κ3) is 5.00. The lowest BCUT2D eigenvalue weighted by Gasteiger charge is -2.29. The molecule has 0 radical (unpaired) electrons. The Labute approximate surface area is 163 Å². The quantitative estimate of drug-likeness (QED) is 0.782. The summed E-state index contributed by atoms with van der Waals surface area (Å²) in [5.41, 5.74) is 1.23. The molecule has 1 N–H and O–H groups in total. The fourth-order valence-corrected chi connectivity index (χ4v) is 2.89. The molecule has 140 valence electrons. The molecule has 1 saturated heterocycles. The predicted octanol–water partition coefficient (Wildman–Crippen LogP) is 2.93. The summed E-state index contributed by atoms with van der Waals surface area (Å²) in [5.74, 6) is 1.02. The van der Waals surface area contributed by atoms with E-state index >= 15 is 0 Å². The van der Waals surface area contributed by atoms with E-state index in [0.717, 1.165) is 37.5 Å². The molecule has 0 unspecified atom stereocenters. The van der Waals surface area contributed by atoms with E-state index in [1.807, 2.05) is 24.3 Å². The molecule has 1 aromatic heterocycles. The lowest BCUT2D eigenvalue weighted by molar-refractivity contribution is 0.0472.